The highest BCUT2D eigenvalue weighted by Gasteiger charge is 2.30. The lowest BCUT2D eigenvalue weighted by atomic mass is 9.83. The first-order chi connectivity index (χ1) is 15.2. The van der Waals surface area contributed by atoms with Crippen LogP contribution in [-0.2, 0) is 15.5 Å². The van der Waals surface area contributed by atoms with Gasteiger partial charge in [-0.05, 0) is 86.4 Å². The minimum absolute atomic E-state index is 0.280. The van der Waals surface area contributed by atoms with Crippen LogP contribution in [0.3, 0.4) is 0 Å². The number of aryl methyl sites for hydroxylation is 1. The maximum atomic E-state index is 12.6. The summed E-state index contributed by atoms with van der Waals surface area (Å²) in [6.45, 7) is 3.87. The highest BCUT2D eigenvalue weighted by atomic mass is 32.2. The highest BCUT2D eigenvalue weighted by molar-refractivity contribution is 7.86. The highest BCUT2D eigenvalue weighted by Crippen LogP contribution is 2.37. The van der Waals surface area contributed by atoms with Crippen molar-refractivity contribution in [3.63, 3.8) is 0 Å². The van der Waals surface area contributed by atoms with Crippen molar-refractivity contribution in [1.29, 1.82) is 0 Å². The van der Waals surface area contributed by atoms with Crippen LogP contribution >= 0.6 is 0 Å². The average molecular weight is 435 g/mol. The van der Waals surface area contributed by atoms with E-state index in [2.05, 4.69) is 53.3 Å². The summed E-state index contributed by atoms with van der Waals surface area (Å²) in [5.74, 6) is 0.934. The fraction of sp³-hybridized carbons (Fsp3) is 0.423. The number of aromatic amines is 1. The topological polar surface area (TPSA) is 55.0 Å². The molecule has 2 fully saturated rings. The molecule has 0 radical (unpaired) electrons. The third-order valence-electron chi connectivity index (χ3n) is 6.58. The standard InChI is InChI=1S/C26H30N2O2S/c1-18-16-25(28-26(18)24-4-2-3-13-27-24)23(17-19-11-14-30-15-12-19)20-5-7-21(8-6-20)31(29)22-9-10-22/h2-8,13,16,19,22-23,28H,9-12,14-15,17H2,1H3. The van der Waals surface area contributed by atoms with Crippen molar-refractivity contribution in [2.24, 2.45) is 5.92 Å². The molecule has 1 aliphatic heterocycles. The van der Waals surface area contributed by atoms with Crippen LogP contribution in [0, 0.1) is 12.8 Å². The van der Waals surface area contributed by atoms with Gasteiger partial charge in [-0.1, -0.05) is 18.2 Å². The van der Waals surface area contributed by atoms with Gasteiger partial charge in [-0.25, -0.2) is 0 Å². The number of pyridine rings is 1. The predicted octanol–water partition coefficient (Wildman–Crippen LogP) is 5.60. The molecule has 2 unspecified atom stereocenters. The second kappa shape index (κ2) is 9.09. The van der Waals surface area contributed by atoms with Gasteiger partial charge in [0.1, 0.15) is 0 Å². The molecule has 162 valence electrons. The number of nitrogens with zero attached hydrogens (tertiary/aromatic N) is 1. The number of hydrogen-bond donors (Lipinski definition) is 1. The Balaban J connectivity index is 1.46. The zero-order valence-corrected chi connectivity index (χ0v) is 18.9. The molecule has 5 rings (SSSR count). The summed E-state index contributed by atoms with van der Waals surface area (Å²) >= 11 is 0. The molecule has 1 saturated heterocycles. The van der Waals surface area contributed by atoms with Gasteiger partial charge in [-0.15, -0.1) is 0 Å². The molecule has 1 aromatic carbocycles. The van der Waals surface area contributed by atoms with Gasteiger partial charge >= 0.3 is 0 Å². The van der Waals surface area contributed by atoms with Crippen LogP contribution in [0.5, 0.6) is 0 Å². The largest absolute Gasteiger partial charge is 0.381 e. The van der Waals surface area contributed by atoms with Gasteiger partial charge in [0.05, 0.1) is 22.2 Å². The molecule has 0 bridgehead atoms. The van der Waals surface area contributed by atoms with E-state index in [1.807, 2.05) is 18.3 Å². The Morgan fingerprint density at radius 2 is 1.87 bits per heavy atom. The van der Waals surface area contributed by atoms with Gasteiger partial charge < -0.3 is 9.72 Å². The Morgan fingerprint density at radius 1 is 1.10 bits per heavy atom. The Hall–Kier alpha value is -2.24. The number of ether oxygens (including phenoxy) is 1. The Kier molecular flexibility index (Phi) is 6.06. The van der Waals surface area contributed by atoms with Crippen molar-refractivity contribution in [2.45, 2.75) is 55.1 Å². The fourth-order valence-corrected chi connectivity index (χ4v) is 5.97. The minimum atomic E-state index is -0.853. The molecule has 4 nitrogen and oxygen atoms in total. The number of rotatable bonds is 7. The molecule has 5 heteroatoms. The van der Waals surface area contributed by atoms with Crippen LogP contribution < -0.4 is 0 Å². The molecule has 3 heterocycles. The molecule has 2 atom stereocenters. The van der Waals surface area contributed by atoms with Crippen LogP contribution in [0.25, 0.3) is 11.4 Å². The summed E-state index contributed by atoms with van der Waals surface area (Å²) in [5, 5.41) is 0.371. The molecule has 0 amide bonds. The van der Waals surface area contributed by atoms with Crippen LogP contribution in [0.1, 0.15) is 54.8 Å². The third-order valence-corrected chi connectivity index (χ3v) is 8.40. The number of nitrogens with one attached hydrogen (secondary N) is 1. The van der Waals surface area contributed by atoms with Gasteiger partial charge in [0, 0.05) is 41.2 Å². The molecular formula is C26H30N2O2S. The van der Waals surface area contributed by atoms with Crippen LogP contribution in [0.2, 0.25) is 0 Å². The lowest BCUT2D eigenvalue weighted by Gasteiger charge is -2.27. The first-order valence-corrected chi connectivity index (χ1v) is 12.6. The normalized spacial score (nSPS) is 19.3. The number of H-pyrrole nitrogens is 1. The van der Waals surface area contributed by atoms with Gasteiger partial charge in [-0.3, -0.25) is 9.19 Å². The van der Waals surface area contributed by atoms with Gasteiger partial charge in [0.25, 0.3) is 0 Å². The molecular weight excluding hydrogens is 404 g/mol. The van der Waals surface area contributed by atoms with E-state index < -0.39 is 10.8 Å². The number of aromatic nitrogens is 2. The quantitative estimate of drug-likeness (QED) is 0.526. The summed E-state index contributed by atoms with van der Waals surface area (Å²) in [5.41, 5.74) is 5.82. The Bertz CT molecular complexity index is 1040. The fourth-order valence-electron chi connectivity index (χ4n) is 4.62. The minimum Gasteiger partial charge on any atom is -0.381 e. The van der Waals surface area contributed by atoms with E-state index in [1.54, 1.807) is 0 Å². The van der Waals surface area contributed by atoms with E-state index in [4.69, 9.17) is 4.74 Å². The van der Waals surface area contributed by atoms with E-state index in [9.17, 15) is 4.21 Å². The Labute approximate surface area is 186 Å². The summed E-state index contributed by atoms with van der Waals surface area (Å²) < 4.78 is 18.2. The van der Waals surface area contributed by atoms with Crippen LogP contribution in [0.4, 0.5) is 0 Å². The summed E-state index contributed by atoms with van der Waals surface area (Å²) in [6, 6.07) is 16.9. The van der Waals surface area contributed by atoms with Crippen molar-refractivity contribution in [2.75, 3.05) is 13.2 Å². The summed E-state index contributed by atoms with van der Waals surface area (Å²) in [4.78, 5) is 9.21. The first-order valence-electron chi connectivity index (χ1n) is 11.4. The maximum absolute atomic E-state index is 12.6. The lowest BCUT2D eigenvalue weighted by molar-refractivity contribution is 0.0626. The van der Waals surface area contributed by atoms with Crippen molar-refractivity contribution >= 4 is 10.8 Å². The smallest absolute Gasteiger partial charge is 0.0867 e. The molecule has 2 aliphatic rings. The van der Waals surface area contributed by atoms with Crippen molar-refractivity contribution in [3.05, 3.63) is 71.5 Å². The van der Waals surface area contributed by atoms with Crippen molar-refractivity contribution in [1.82, 2.24) is 9.97 Å². The van der Waals surface area contributed by atoms with Gasteiger partial charge in [0.15, 0.2) is 0 Å². The molecule has 1 aliphatic carbocycles. The van der Waals surface area contributed by atoms with Gasteiger partial charge in [0.2, 0.25) is 0 Å². The summed E-state index contributed by atoms with van der Waals surface area (Å²) in [7, 11) is -0.853. The molecule has 1 saturated carbocycles. The lowest BCUT2D eigenvalue weighted by Crippen LogP contribution is -2.18. The zero-order valence-electron chi connectivity index (χ0n) is 18.0. The van der Waals surface area contributed by atoms with Crippen molar-refractivity contribution < 1.29 is 8.95 Å². The molecule has 0 spiro atoms. The third kappa shape index (κ3) is 4.68. The second-order valence-electron chi connectivity index (χ2n) is 8.91. The maximum Gasteiger partial charge on any atom is 0.0867 e. The SMILES string of the molecule is Cc1cc(C(CC2CCOCC2)c2ccc(S(=O)C3CC3)cc2)[nH]c1-c1ccccn1. The molecule has 31 heavy (non-hydrogen) atoms. The van der Waals surface area contributed by atoms with E-state index in [-0.39, 0.29) is 5.92 Å². The molecule has 2 aromatic heterocycles. The number of benzene rings is 1. The van der Waals surface area contributed by atoms with Crippen LogP contribution in [-0.4, -0.2) is 32.6 Å². The molecule has 1 N–H and O–H groups in total. The van der Waals surface area contributed by atoms with E-state index in [1.165, 1.54) is 16.8 Å². The van der Waals surface area contributed by atoms with Gasteiger partial charge in [-0.2, -0.15) is 0 Å². The van der Waals surface area contributed by atoms with Crippen LogP contribution in [0.15, 0.2) is 59.6 Å². The first kappa shape index (κ1) is 20.7. The summed E-state index contributed by atoms with van der Waals surface area (Å²) in [6.07, 6.45) is 7.36. The second-order valence-corrected chi connectivity index (χ2v) is 10.6. The Morgan fingerprint density at radius 3 is 2.55 bits per heavy atom. The van der Waals surface area contributed by atoms with E-state index in [0.29, 0.717) is 11.2 Å². The monoisotopic (exact) mass is 434 g/mol. The average Bonchev–Trinajstić information content (AvgIpc) is 3.60. The predicted molar refractivity (Wildman–Crippen MR) is 125 cm³/mol. The zero-order chi connectivity index (χ0) is 21.2. The number of hydrogen-bond acceptors (Lipinski definition) is 3. The van der Waals surface area contributed by atoms with Crippen molar-refractivity contribution in [3.8, 4) is 11.4 Å². The van der Waals surface area contributed by atoms with E-state index >= 15 is 0 Å². The van der Waals surface area contributed by atoms with E-state index in [0.717, 1.165) is 61.6 Å². The molecule has 3 aromatic rings.